The van der Waals surface area contributed by atoms with E-state index in [1.165, 1.54) is 5.56 Å². The van der Waals surface area contributed by atoms with E-state index in [1.807, 2.05) is 61.5 Å². The standard InChI is InChI=1S/C21H20O3/c1-3-24-21(22)18-13-16-6-4-5-7-20(16)17(14-18)12-15-8-10-19(23-2)11-9-15/h4-11,13-14H,3,12H2,1-2H3. The van der Waals surface area contributed by atoms with Gasteiger partial charge in [0, 0.05) is 0 Å². The molecule has 0 aliphatic heterocycles. The zero-order valence-corrected chi connectivity index (χ0v) is 13.9. The van der Waals surface area contributed by atoms with E-state index < -0.39 is 0 Å². The van der Waals surface area contributed by atoms with Crippen LogP contribution in [0.2, 0.25) is 0 Å². The van der Waals surface area contributed by atoms with Gasteiger partial charge in [-0.1, -0.05) is 36.4 Å². The molecule has 0 atom stereocenters. The van der Waals surface area contributed by atoms with Gasteiger partial charge in [0.1, 0.15) is 5.75 Å². The first-order chi connectivity index (χ1) is 11.7. The van der Waals surface area contributed by atoms with Crippen molar-refractivity contribution in [3.63, 3.8) is 0 Å². The lowest BCUT2D eigenvalue weighted by Crippen LogP contribution is -2.05. The lowest BCUT2D eigenvalue weighted by atomic mass is 9.96. The Labute approximate surface area is 141 Å². The third kappa shape index (κ3) is 3.40. The Kier molecular flexibility index (Phi) is 4.80. The monoisotopic (exact) mass is 320 g/mol. The molecule has 0 radical (unpaired) electrons. The van der Waals surface area contributed by atoms with Crippen molar-refractivity contribution >= 4 is 16.7 Å². The summed E-state index contributed by atoms with van der Waals surface area (Å²) in [5.74, 6) is 0.558. The van der Waals surface area contributed by atoms with Crippen molar-refractivity contribution in [2.24, 2.45) is 0 Å². The molecule has 3 aromatic rings. The van der Waals surface area contributed by atoms with Crippen molar-refractivity contribution in [2.45, 2.75) is 13.3 Å². The first-order valence-electron chi connectivity index (χ1n) is 8.03. The molecule has 0 saturated heterocycles. The molecule has 3 aromatic carbocycles. The molecule has 3 rings (SSSR count). The van der Waals surface area contributed by atoms with Crippen molar-refractivity contribution in [3.05, 3.63) is 77.4 Å². The van der Waals surface area contributed by atoms with Crippen LogP contribution in [0.4, 0.5) is 0 Å². The van der Waals surface area contributed by atoms with Gasteiger partial charge in [-0.15, -0.1) is 0 Å². The lowest BCUT2D eigenvalue weighted by molar-refractivity contribution is 0.0526. The molecular weight excluding hydrogens is 300 g/mol. The van der Waals surface area contributed by atoms with Crippen LogP contribution in [-0.4, -0.2) is 19.7 Å². The van der Waals surface area contributed by atoms with Gasteiger partial charge in [0.15, 0.2) is 0 Å². The van der Waals surface area contributed by atoms with Gasteiger partial charge in [0.25, 0.3) is 0 Å². The number of hydrogen-bond acceptors (Lipinski definition) is 3. The largest absolute Gasteiger partial charge is 0.497 e. The number of esters is 1. The van der Waals surface area contributed by atoms with Crippen LogP contribution < -0.4 is 4.74 Å². The molecule has 24 heavy (non-hydrogen) atoms. The third-order valence-electron chi connectivity index (χ3n) is 4.01. The SMILES string of the molecule is CCOC(=O)c1cc(Cc2ccc(OC)cc2)c2ccccc2c1. The highest BCUT2D eigenvalue weighted by atomic mass is 16.5. The van der Waals surface area contributed by atoms with Crippen LogP contribution in [0.1, 0.15) is 28.4 Å². The van der Waals surface area contributed by atoms with E-state index in [4.69, 9.17) is 9.47 Å². The second-order valence-electron chi connectivity index (χ2n) is 5.60. The predicted molar refractivity (Wildman–Crippen MR) is 95.7 cm³/mol. The number of hydrogen-bond donors (Lipinski definition) is 0. The summed E-state index contributed by atoms with van der Waals surface area (Å²) >= 11 is 0. The van der Waals surface area contributed by atoms with Gasteiger partial charge in [-0.05, 0) is 59.5 Å². The molecule has 0 fully saturated rings. The van der Waals surface area contributed by atoms with E-state index in [2.05, 4.69) is 6.07 Å². The first kappa shape index (κ1) is 16.1. The average molecular weight is 320 g/mol. The maximum absolute atomic E-state index is 12.1. The summed E-state index contributed by atoms with van der Waals surface area (Å²) in [7, 11) is 1.66. The van der Waals surface area contributed by atoms with E-state index in [-0.39, 0.29) is 5.97 Å². The Morgan fingerprint density at radius 1 is 1.00 bits per heavy atom. The van der Waals surface area contributed by atoms with E-state index in [9.17, 15) is 4.79 Å². The van der Waals surface area contributed by atoms with Crippen LogP contribution in [0.5, 0.6) is 5.75 Å². The molecule has 122 valence electrons. The van der Waals surface area contributed by atoms with Crippen molar-refractivity contribution in [1.82, 2.24) is 0 Å². The summed E-state index contributed by atoms with van der Waals surface area (Å²) in [4.78, 5) is 12.1. The molecule has 0 saturated carbocycles. The highest BCUT2D eigenvalue weighted by Gasteiger charge is 2.11. The van der Waals surface area contributed by atoms with E-state index >= 15 is 0 Å². The summed E-state index contributed by atoms with van der Waals surface area (Å²) in [5, 5.41) is 2.20. The molecule has 0 heterocycles. The van der Waals surface area contributed by atoms with Crippen LogP contribution in [0.3, 0.4) is 0 Å². The third-order valence-corrected chi connectivity index (χ3v) is 4.01. The molecule has 0 N–H and O–H groups in total. The summed E-state index contributed by atoms with van der Waals surface area (Å²) in [6, 6.07) is 19.9. The lowest BCUT2D eigenvalue weighted by Gasteiger charge is -2.11. The molecular formula is C21H20O3. The molecule has 0 unspecified atom stereocenters. The molecule has 0 amide bonds. The molecule has 0 aliphatic rings. The Hall–Kier alpha value is -2.81. The minimum absolute atomic E-state index is 0.278. The maximum Gasteiger partial charge on any atom is 0.338 e. The van der Waals surface area contributed by atoms with Crippen molar-refractivity contribution in [3.8, 4) is 5.75 Å². The van der Waals surface area contributed by atoms with Crippen LogP contribution in [-0.2, 0) is 11.2 Å². The average Bonchev–Trinajstić information content (AvgIpc) is 2.62. The molecule has 3 nitrogen and oxygen atoms in total. The number of methoxy groups -OCH3 is 1. The smallest absolute Gasteiger partial charge is 0.338 e. The summed E-state index contributed by atoms with van der Waals surface area (Å²) < 4.78 is 10.4. The molecule has 0 aliphatic carbocycles. The van der Waals surface area contributed by atoms with E-state index in [0.29, 0.717) is 12.2 Å². The maximum atomic E-state index is 12.1. The number of carbonyl (C=O) groups excluding carboxylic acids is 1. The van der Waals surface area contributed by atoms with Gasteiger partial charge in [0.05, 0.1) is 19.3 Å². The van der Waals surface area contributed by atoms with Crippen molar-refractivity contribution < 1.29 is 14.3 Å². The second-order valence-corrected chi connectivity index (χ2v) is 5.60. The van der Waals surface area contributed by atoms with Crippen molar-refractivity contribution in [2.75, 3.05) is 13.7 Å². The minimum Gasteiger partial charge on any atom is -0.497 e. The number of benzene rings is 3. The zero-order chi connectivity index (χ0) is 16.9. The summed E-state index contributed by atoms with van der Waals surface area (Å²) in [6.45, 7) is 2.19. The van der Waals surface area contributed by atoms with Gasteiger partial charge < -0.3 is 9.47 Å². The van der Waals surface area contributed by atoms with Gasteiger partial charge >= 0.3 is 5.97 Å². The van der Waals surface area contributed by atoms with Crippen LogP contribution in [0.25, 0.3) is 10.8 Å². The second kappa shape index (κ2) is 7.18. The Morgan fingerprint density at radius 2 is 1.75 bits per heavy atom. The van der Waals surface area contributed by atoms with Crippen LogP contribution in [0.15, 0.2) is 60.7 Å². The Balaban J connectivity index is 2.02. The highest BCUT2D eigenvalue weighted by Crippen LogP contribution is 2.25. The Morgan fingerprint density at radius 3 is 2.46 bits per heavy atom. The minimum atomic E-state index is -0.278. The zero-order valence-electron chi connectivity index (χ0n) is 13.9. The van der Waals surface area contributed by atoms with Crippen molar-refractivity contribution in [1.29, 1.82) is 0 Å². The number of rotatable bonds is 5. The van der Waals surface area contributed by atoms with Gasteiger partial charge in [-0.2, -0.15) is 0 Å². The molecule has 3 heteroatoms. The normalized spacial score (nSPS) is 10.6. The fraction of sp³-hybridized carbons (Fsp3) is 0.190. The first-order valence-corrected chi connectivity index (χ1v) is 8.03. The number of carbonyl (C=O) groups is 1. The van der Waals surface area contributed by atoms with E-state index in [1.54, 1.807) is 7.11 Å². The van der Waals surface area contributed by atoms with Crippen LogP contribution in [0, 0.1) is 0 Å². The van der Waals surface area contributed by atoms with Gasteiger partial charge in [-0.25, -0.2) is 4.79 Å². The fourth-order valence-electron chi connectivity index (χ4n) is 2.83. The van der Waals surface area contributed by atoms with E-state index in [0.717, 1.165) is 28.5 Å². The van der Waals surface area contributed by atoms with Crippen LogP contribution >= 0.6 is 0 Å². The number of fused-ring (bicyclic) bond motifs is 1. The fourth-order valence-corrected chi connectivity index (χ4v) is 2.83. The Bertz CT molecular complexity index is 851. The topological polar surface area (TPSA) is 35.5 Å². The summed E-state index contributed by atoms with van der Waals surface area (Å²) in [6.07, 6.45) is 0.748. The van der Waals surface area contributed by atoms with Gasteiger partial charge in [0.2, 0.25) is 0 Å². The molecule has 0 spiro atoms. The van der Waals surface area contributed by atoms with Gasteiger partial charge in [-0.3, -0.25) is 0 Å². The molecule has 0 bridgehead atoms. The number of ether oxygens (including phenoxy) is 2. The molecule has 0 aromatic heterocycles. The quantitative estimate of drug-likeness (QED) is 0.644. The predicted octanol–water partition coefficient (Wildman–Crippen LogP) is 4.62. The highest BCUT2D eigenvalue weighted by molar-refractivity contribution is 5.97. The summed E-state index contributed by atoms with van der Waals surface area (Å²) in [5.41, 5.74) is 2.88.